The second-order valence-electron chi connectivity index (χ2n) is 9.72. The lowest BCUT2D eigenvalue weighted by atomic mass is 9.99. The summed E-state index contributed by atoms with van der Waals surface area (Å²) >= 11 is 0. The minimum Gasteiger partial charge on any atom is -0.315 e. The number of fused-ring (bicyclic) bond motifs is 1. The molecule has 0 aliphatic carbocycles. The van der Waals surface area contributed by atoms with Crippen LogP contribution in [0.1, 0.15) is 23.2 Å². The molecule has 5 aromatic rings. The molecule has 1 amide bonds. The van der Waals surface area contributed by atoms with Gasteiger partial charge in [0.2, 0.25) is 0 Å². The predicted octanol–water partition coefficient (Wildman–Crippen LogP) is 5.37. The summed E-state index contributed by atoms with van der Waals surface area (Å²) in [6.45, 7) is 1.44. The normalized spacial score (nSPS) is 15.4. The standard InChI is InChI=1S/C30H26F2N6O/c1-37-18-28(35-36-37)22-7-11-26(27(32)16-22)30(39)38(24-3-2-13-33-17-24)29-25-10-6-20(15-21(25)12-14-34-29)19-4-8-23(31)9-5-19/h4-12,14-16,18,24,33H,2-3,13,17H2,1H3/t24-/m1/s1. The third-order valence-corrected chi connectivity index (χ3v) is 7.10. The van der Waals surface area contributed by atoms with Gasteiger partial charge in [-0.1, -0.05) is 35.5 Å². The predicted molar refractivity (Wildman–Crippen MR) is 146 cm³/mol. The zero-order chi connectivity index (χ0) is 26.9. The van der Waals surface area contributed by atoms with E-state index in [4.69, 9.17) is 0 Å². The van der Waals surface area contributed by atoms with Crippen molar-refractivity contribution in [1.29, 1.82) is 0 Å². The Hall–Kier alpha value is -4.50. The average Bonchev–Trinajstić information content (AvgIpc) is 3.40. The number of halogens is 2. The van der Waals surface area contributed by atoms with Gasteiger partial charge in [-0.3, -0.25) is 14.4 Å². The molecule has 39 heavy (non-hydrogen) atoms. The van der Waals surface area contributed by atoms with E-state index in [1.54, 1.807) is 42.5 Å². The number of benzene rings is 3. The van der Waals surface area contributed by atoms with Gasteiger partial charge in [0, 0.05) is 30.7 Å². The van der Waals surface area contributed by atoms with Crippen molar-refractivity contribution in [3.05, 3.63) is 96.3 Å². The number of pyridine rings is 1. The number of nitrogens with one attached hydrogen (secondary N) is 1. The number of anilines is 1. The Morgan fingerprint density at radius 1 is 1.00 bits per heavy atom. The first kappa shape index (κ1) is 24.8. The van der Waals surface area contributed by atoms with Crippen LogP contribution in [0.4, 0.5) is 14.6 Å². The molecule has 1 saturated heterocycles. The van der Waals surface area contributed by atoms with E-state index in [1.165, 1.54) is 28.9 Å². The van der Waals surface area contributed by atoms with Crippen LogP contribution in [-0.2, 0) is 7.05 Å². The van der Waals surface area contributed by atoms with Gasteiger partial charge in [-0.15, -0.1) is 5.10 Å². The zero-order valence-corrected chi connectivity index (χ0v) is 21.3. The molecule has 7 nitrogen and oxygen atoms in total. The monoisotopic (exact) mass is 524 g/mol. The van der Waals surface area contributed by atoms with E-state index in [0.717, 1.165) is 41.3 Å². The highest BCUT2D eigenvalue weighted by Gasteiger charge is 2.31. The van der Waals surface area contributed by atoms with E-state index in [-0.39, 0.29) is 17.4 Å². The number of rotatable bonds is 5. The first-order chi connectivity index (χ1) is 19.0. The van der Waals surface area contributed by atoms with Gasteiger partial charge >= 0.3 is 0 Å². The van der Waals surface area contributed by atoms with Crippen LogP contribution in [0.3, 0.4) is 0 Å². The summed E-state index contributed by atoms with van der Waals surface area (Å²) in [6.07, 6.45) is 5.01. The number of piperidine rings is 1. The number of aryl methyl sites for hydroxylation is 1. The SMILES string of the molecule is Cn1cc(-c2ccc(C(=O)N(c3nccc4cc(-c5ccc(F)cc5)ccc34)[C@@H]3CCCNC3)c(F)c2)nn1. The Balaban J connectivity index is 1.41. The smallest absolute Gasteiger partial charge is 0.262 e. The van der Waals surface area contributed by atoms with E-state index in [9.17, 15) is 9.18 Å². The fraction of sp³-hybridized carbons (Fsp3) is 0.200. The fourth-order valence-corrected chi connectivity index (χ4v) is 5.12. The summed E-state index contributed by atoms with van der Waals surface area (Å²) in [6, 6.07) is 18.3. The molecule has 1 fully saturated rings. The highest BCUT2D eigenvalue weighted by molar-refractivity contribution is 6.10. The molecule has 0 bridgehead atoms. The molecule has 1 aliphatic heterocycles. The van der Waals surface area contributed by atoms with Gasteiger partial charge in [0.25, 0.3) is 5.91 Å². The van der Waals surface area contributed by atoms with Crippen LogP contribution in [0, 0.1) is 11.6 Å². The van der Waals surface area contributed by atoms with Crippen LogP contribution < -0.4 is 10.2 Å². The van der Waals surface area contributed by atoms with Crippen molar-refractivity contribution in [2.45, 2.75) is 18.9 Å². The van der Waals surface area contributed by atoms with Gasteiger partial charge in [0.1, 0.15) is 23.1 Å². The highest BCUT2D eigenvalue weighted by Crippen LogP contribution is 2.33. The molecule has 3 heterocycles. The molecule has 0 saturated carbocycles. The summed E-state index contributed by atoms with van der Waals surface area (Å²) in [5.74, 6) is -0.891. The molecule has 0 spiro atoms. The number of hydrogen-bond acceptors (Lipinski definition) is 5. The number of nitrogens with zero attached hydrogens (tertiary/aromatic N) is 5. The van der Waals surface area contributed by atoms with E-state index < -0.39 is 11.7 Å². The minimum atomic E-state index is -0.629. The molecule has 0 radical (unpaired) electrons. The van der Waals surface area contributed by atoms with Crippen molar-refractivity contribution in [2.75, 3.05) is 18.0 Å². The first-order valence-corrected chi connectivity index (χ1v) is 12.8. The second-order valence-corrected chi connectivity index (χ2v) is 9.72. The molecule has 3 aromatic carbocycles. The fourth-order valence-electron chi connectivity index (χ4n) is 5.12. The summed E-state index contributed by atoms with van der Waals surface area (Å²) < 4.78 is 30.4. The van der Waals surface area contributed by atoms with Crippen LogP contribution in [0.5, 0.6) is 0 Å². The number of carbonyl (C=O) groups excluding carboxylic acids is 1. The quantitative estimate of drug-likeness (QED) is 0.334. The van der Waals surface area contributed by atoms with Crippen molar-refractivity contribution in [3.63, 3.8) is 0 Å². The number of carbonyl (C=O) groups is 1. The second kappa shape index (κ2) is 10.3. The molecule has 2 aromatic heterocycles. The summed E-state index contributed by atoms with van der Waals surface area (Å²) in [4.78, 5) is 20.3. The third kappa shape index (κ3) is 4.88. The zero-order valence-electron chi connectivity index (χ0n) is 21.3. The van der Waals surface area contributed by atoms with E-state index in [2.05, 4.69) is 20.6 Å². The van der Waals surface area contributed by atoms with E-state index >= 15 is 4.39 Å². The van der Waals surface area contributed by atoms with E-state index in [0.29, 0.717) is 23.6 Å². The van der Waals surface area contributed by atoms with Gasteiger partial charge in [-0.2, -0.15) is 0 Å². The van der Waals surface area contributed by atoms with Gasteiger partial charge in [-0.05, 0) is 72.3 Å². The summed E-state index contributed by atoms with van der Waals surface area (Å²) in [7, 11) is 1.74. The summed E-state index contributed by atoms with van der Waals surface area (Å²) in [5, 5.41) is 13.0. The Morgan fingerprint density at radius 3 is 2.51 bits per heavy atom. The first-order valence-electron chi connectivity index (χ1n) is 12.8. The Bertz CT molecular complexity index is 1660. The minimum absolute atomic E-state index is 0.0325. The molecule has 1 N–H and O–H groups in total. The molecule has 0 unspecified atom stereocenters. The van der Waals surface area contributed by atoms with Crippen molar-refractivity contribution < 1.29 is 13.6 Å². The summed E-state index contributed by atoms with van der Waals surface area (Å²) in [5.41, 5.74) is 2.83. The lowest BCUT2D eigenvalue weighted by Gasteiger charge is -2.34. The lowest BCUT2D eigenvalue weighted by Crippen LogP contribution is -2.49. The van der Waals surface area contributed by atoms with Gasteiger partial charge in [0.05, 0.1) is 17.8 Å². The van der Waals surface area contributed by atoms with Crippen molar-refractivity contribution in [3.8, 4) is 22.4 Å². The molecular formula is C30H26F2N6O. The molecular weight excluding hydrogens is 498 g/mol. The maximum atomic E-state index is 15.5. The van der Waals surface area contributed by atoms with Crippen molar-refractivity contribution >= 4 is 22.5 Å². The van der Waals surface area contributed by atoms with Crippen LogP contribution in [0.2, 0.25) is 0 Å². The van der Waals surface area contributed by atoms with Crippen molar-refractivity contribution in [2.24, 2.45) is 7.05 Å². The maximum absolute atomic E-state index is 15.5. The molecule has 6 rings (SSSR count). The molecule has 196 valence electrons. The topological polar surface area (TPSA) is 75.9 Å². The van der Waals surface area contributed by atoms with Gasteiger partial charge in [-0.25, -0.2) is 13.8 Å². The average molecular weight is 525 g/mol. The maximum Gasteiger partial charge on any atom is 0.262 e. The van der Waals surface area contributed by atoms with Crippen LogP contribution >= 0.6 is 0 Å². The van der Waals surface area contributed by atoms with Gasteiger partial charge < -0.3 is 5.32 Å². The van der Waals surface area contributed by atoms with Crippen LogP contribution in [-0.4, -0.2) is 45.0 Å². The van der Waals surface area contributed by atoms with Gasteiger partial charge in [0.15, 0.2) is 0 Å². The Labute approximate surface area is 224 Å². The van der Waals surface area contributed by atoms with Crippen LogP contribution in [0.25, 0.3) is 33.2 Å². The lowest BCUT2D eigenvalue weighted by molar-refractivity contribution is 0.0968. The third-order valence-electron chi connectivity index (χ3n) is 7.10. The Morgan fingerprint density at radius 2 is 1.79 bits per heavy atom. The van der Waals surface area contributed by atoms with Crippen molar-refractivity contribution in [1.82, 2.24) is 25.3 Å². The Kier molecular flexibility index (Phi) is 6.58. The number of hydrogen-bond donors (Lipinski definition) is 1. The van der Waals surface area contributed by atoms with Crippen LogP contribution in [0.15, 0.2) is 79.1 Å². The largest absolute Gasteiger partial charge is 0.315 e. The highest BCUT2D eigenvalue weighted by atomic mass is 19.1. The molecule has 1 atom stereocenters. The van der Waals surface area contributed by atoms with E-state index in [1.807, 2.05) is 24.3 Å². The number of aromatic nitrogens is 4. The number of amides is 1. The molecule has 9 heteroatoms. The molecule has 1 aliphatic rings.